The molecule has 3 saturated heterocycles. The molecular formula is C23H34O7. The summed E-state index contributed by atoms with van der Waals surface area (Å²) in [5.74, 6) is 0.0136. The first-order valence-electron chi connectivity index (χ1n) is 10.8. The van der Waals surface area contributed by atoms with E-state index in [0.29, 0.717) is 25.7 Å². The lowest BCUT2D eigenvalue weighted by Gasteiger charge is -2.29. The van der Waals surface area contributed by atoms with Crippen LogP contribution in [0.4, 0.5) is 0 Å². The lowest BCUT2D eigenvalue weighted by atomic mass is 10.1. The molecule has 4 rings (SSSR count). The molecule has 1 aromatic rings. The Balaban J connectivity index is 1.41. The summed E-state index contributed by atoms with van der Waals surface area (Å²) in [5.41, 5.74) is 1.05. The van der Waals surface area contributed by atoms with Crippen molar-refractivity contribution in [2.45, 2.75) is 90.4 Å². The Morgan fingerprint density at radius 2 is 1.70 bits per heavy atom. The third-order valence-electron chi connectivity index (χ3n) is 5.37. The Morgan fingerprint density at radius 1 is 0.967 bits per heavy atom. The van der Waals surface area contributed by atoms with Gasteiger partial charge in [0, 0.05) is 0 Å². The summed E-state index contributed by atoms with van der Waals surface area (Å²) in [6.45, 7) is 13.4. The molecule has 5 atom stereocenters. The summed E-state index contributed by atoms with van der Waals surface area (Å²) >= 11 is 0. The van der Waals surface area contributed by atoms with Crippen LogP contribution in [0, 0.1) is 5.92 Å². The molecule has 1 aromatic carbocycles. The summed E-state index contributed by atoms with van der Waals surface area (Å²) in [5, 5.41) is 0. The van der Waals surface area contributed by atoms with Crippen LogP contribution in [0.5, 0.6) is 5.75 Å². The highest BCUT2D eigenvalue weighted by atomic mass is 16.8. The molecule has 0 aromatic heterocycles. The fourth-order valence-corrected chi connectivity index (χ4v) is 4.01. The second-order valence-corrected chi connectivity index (χ2v) is 9.56. The van der Waals surface area contributed by atoms with Gasteiger partial charge < -0.3 is 33.2 Å². The number of benzene rings is 1. The third kappa shape index (κ3) is 4.98. The molecule has 0 saturated carbocycles. The SMILES string of the molecule is CC(C)COc1ccc(CO[C@H]2[C@H]3OC(C)(C)O[C@@H]3O[C@@H]2[C@@H]2COC(C)(C)O2)cc1. The predicted octanol–water partition coefficient (Wildman–Crippen LogP) is 3.63. The number of fused-ring (bicyclic) bond motifs is 1. The van der Waals surface area contributed by atoms with E-state index in [1.54, 1.807) is 0 Å². The van der Waals surface area contributed by atoms with Crippen molar-refractivity contribution in [3.05, 3.63) is 29.8 Å². The van der Waals surface area contributed by atoms with Gasteiger partial charge in [0.1, 0.15) is 30.2 Å². The predicted molar refractivity (Wildman–Crippen MR) is 109 cm³/mol. The summed E-state index contributed by atoms with van der Waals surface area (Å²) in [6, 6.07) is 7.99. The van der Waals surface area contributed by atoms with E-state index in [1.165, 1.54) is 0 Å². The minimum Gasteiger partial charge on any atom is -0.493 e. The quantitative estimate of drug-likeness (QED) is 0.665. The molecule has 3 aliphatic heterocycles. The van der Waals surface area contributed by atoms with Crippen LogP contribution in [0.25, 0.3) is 0 Å². The molecule has 0 N–H and O–H groups in total. The van der Waals surface area contributed by atoms with Crippen molar-refractivity contribution in [2.24, 2.45) is 5.92 Å². The van der Waals surface area contributed by atoms with Crippen molar-refractivity contribution in [1.82, 2.24) is 0 Å². The molecular weight excluding hydrogens is 388 g/mol. The van der Waals surface area contributed by atoms with E-state index in [9.17, 15) is 0 Å². The monoisotopic (exact) mass is 422 g/mol. The minimum atomic E-state index is -0.705. The van der Waals surface area contributed by atoms with Gasteiger partial charge in [0.25, 0.3) is 0 Å². The zero-order valence-corrected chi connectivity index (χ0v) is 18.8. The molecule has 0 bridgehead atoms. The van der Waals surface area contributed by atoms with E-state index < -0.39 is 17.9 Å². The van der Waals surface area contributed by atoms with Crippen LogP contribution in [0.2, 0.25) is 0 Å². The third-order valence-corrected chi connectivity index (χ3v) is 5.37. The van der Waals surface area contributed by atoms with Crippen molar-refractivity contribution in [2.75, 3.05) is 13.2 Å². The molecule has 30 heavy (non-hydrogen) atoms. The highest BCUT2D eigenvalue weighted by Gasteiger charge is 2.58. The van der Waals surface area contributed by atoms with Gasteiger partial charge in [-0.2, -0.15) is 0 Å². The Bertz CT molecular complexity index is 715. The van der Waals surface area contributed by atoms with E-state index in [1.807, 2.05) is 52.0 Å². The largest absolute Gasteiger partial charge is 0.493 e. The topological polar surface area (TPSA) is 64.6 Å². The fraction of sp³-hybridized carbons (Fsp3) is 0.739. The summed E-state index contributed by atoms with van der Waals surface area (Å²) in [4.78, 5) is 0. The molecule has 3 heterocycles. The van der Waals surface area contributed by atoms with Gasteiger partial charge in [0.05, 0.1) is 19.8 Å². The normalized spacial score (nSPS) is 34.4. The van der Waals surface area contributed by atoms with Gasteiger partial charge in [0.15, 0.2) is 17.9 Å². The highest BCUT2D eigenvalue weighted by molar-refractivity contribution is 5.27. The van der Waals surface area contributed by atoms with Crippen molar-refractivity contribution in [1.29, 1.82) is 0 Å². The van der Waals surface area contributed by atoms with Crippen LogP contribution >= 0.6 is 0 Å². The van der Waals surface area contributed by atoms with Crippen molar-refractivity contribution in [3.63, 3.8) is 0 Å². The number of ether oxygens (including phenoxy) is 7. The zero-order chi connectivity index (χ0) is 21.5. The Morgan fingerprint density at radius 3 is 2.33 bits per heavy atom. The maximum Gasteiger partial charge on any atom is 0.190 e. The first kappa shape index (κ1) is 22.0. The van der Waals surface area contributed by atoms with E-state index >= 15 is 0 Å². The van der Waals surface area contributed by atoms with E-state index in [4.69, 9.17) is 33.2 Å². The Kier molecular flexibility index (Phi) is 6.14. The van der Waals surface area contributed by atoms with Crippen LogP contribution in [-0.4, -0.2) is 55.5 Å². The number of hydrogen-bond acceptors (Lipinski definition) is 7. The van der Waals surface area contributed by atoms with Gasteiger partial charge in [-0.05, 0) is 51.3 Å². The molecule has 3 fully saturated rings. The van der Waals surface area contributed by atoms with Crippen LogP contribution in [0.3, 0.4) is 0 Å². The second-order valence-electron chi connectivity index (χ2n) is 9.56. The number of rotatable bonds is 7. The Hall–Kier alpha value is -1.22. The van der Waals surface area contributed by atoms with Crippen LogP contribution < -0.4 is 4.74 Å². The molecule has 0 radical (unpaired) electrons. The van der Waals surface area contributed by atoms with Gasteiger partial charge >= 0.3 is 0 Å². The van der Waals surface area contributed by atoms with Crippen LogP contribution in [-0.2, 0) is 35.0 Å². The molecule has 0 unspecified atom stereocenters. The molecule has 0 amide bonds. The first-order valence-corrected chi connectivity index (χ1v) is 10.8. The van der Waals surface area contributed by atoms with Gasteiger partial charge in [-0.1, -0.05) is 26.0 Å². The maximum atomic E-state index is 6.32. The lowest BCUT2D eigenvalue weighted by Crippen LogP contribution is -2.44. The average molecular weight is 423 g/mol. The van der Waals surface area contributed by atoms with E-state index in [2.05, 4.69) is 13.8 Å². The van der Waals surface area contributed by atoms with Gasteiger partial charge in [0.2, 0.25) is 0 Å². The maximum absolute atomic E-state index is 6.32. The first-order chi connectivity index (χ1) is 14.1. The number of hydrogen-bond donors (Lipinski definition) is 0. The molecule has 0 aliphatic carbocycles. The Labute approximate surface area is 178 Å². The molecule has 7 heteroatoms. The zero-order valence-electron chi connectivity index (χ0n) is 18.8. The molecule has 7 nitrogen and oxygen atoms in total. The lowest BCUT2D eigenvalue weighted by molar-refractivity contribution is -0.236. The standard InChI is InChI=1S/C23H34O7/c1-14(2)11-24-16-9-7-15(8-10-16)12-25-19-18(17-13-26-22(3,4)28-17)27-21-20(19)29-23(5,6)30-21/h7-10,14,17-21H,11-13H2,1-6H3/t17-,18+,19+,20+,21-/m0/s1. The van der Waals surface area contributed by atoms with Gasteiger partial charge in [-0.15, -0.1) is 0 Å². The smallest absolute Gasteiger partial charge is 0.190 e. The van der Waals surface area contributed by atoms with Gasteiger partial charge in [-0.3, -0.25) is 0 Å². The van der Waals surface area contributed by atoms with Gasteiger partial charge in [-0.25, -0.2) is 0 Å². The van der Waals surface area contributed by atoms with Crippen molar-refractivity contribution in [3.8, 4) is 5.75 Å². The minimum absolute atomic E-state index is 0.238. The van der Waals surface area contributed by atoms with Crippen LogP contribution in [0.1, 0.15) is 47.1 Å². The highest BCUT2D eigenvalue weighted by Crippen LogP contribution is 2.42. The molecule has 3 aliphatic rings. The fourth-order valence-electron chi connectivity index (χ4n) is 4.01. The summed E-state index contributed by atoms with van der Waals surface area (Å²) in [6.07, 6.45) is -1.68. The molecule has 0 spiro atoms. The van der Waals surface area contributed by atoms with Crippen LogP contribution in [0.15, 0.2) is 24.3 Å². The molecule has 168 valence electrons. The second kappa shape index (κ2) is 8.37. The van der Waals surface area contributed by atoms with Crippen molar-refractivity contribution >= 4 is 0 Å². The van der Waals surface area contributed by atoms with Crippen molar-refractivity contribution < 1.29 is 33.2 Å². The summed E-state index contributed by atoms with van der Waals surface area (Å²) < 4.78 is 42.1. The van der Waals surface area contributed by atoms with E-state index in [0.717, 1.165) is 11.3 Å². The summed E-state index contributed by atoms with van der Waals surface area (Å²) in [7, 11) is 0. The van der Waals surface area contributed by atoms with E-state index in [-0.39, 0.29) is 24.4 Å². The average Bonchev–Trinajstić information content (AvgIpc) is 3.28.